The lowest BCUT2D eigenvalue weighted by molar-refractivity contribution is 0.0475. The first-order valence-corrected chi connectivity index (χ1v) is 12.2. The van der Waals surface area contributed by atoms with Gasteiger partial charge in [-0.15, -0.1) is 5.10 Å². The normalized spacial score (nSPS) is 13.3. The summed E-state index contributed by atoms with van der Waals surface area (Å²) in [5, 5.41) is 33.9. The first-order chi connectivity index (χ1) is 17.8. The average Bonchev–Trinajstić information content (AvgIpc) is 2.86. The molecule has 2 heterocycles. The Hall–Kier alpha value is -3.66. The van der Waals surface area contributed by atoms with Crippen LogP contribution in [0.2, 0.25) is 5.02 Å². The van der Waals surface area contributed by atoms with Crippen molar-refractivity contribution in [2.75, 3.05) is 13.7 Å². The van der Waals surface area contributed by atoms with Gasteiger partial charge in [-0.1, -0.05) is 11.6 Å². The summed E-state index contributed by atoms with van der Waals surface area (Å²) in [4.78, 5) is 17.6. The Morgan fingerprint density at radius 3 is 2.39 bits per heavy atom. The molecule has 38 heavy (non-hydrogen) atoms. The molecular weight excluding hydrogens is 511 g/mol. The van der Waals surface area contributed by atoms with Crippen molar-refractivity contribution < 1.29 is 24.1 Å². The fourth-order valence-corrected chi connectivity index (χ4v) is 4.45. The van der Waals surface area contributed by atoms with Crippen molar-refractivity contribution in [3.8, 4) is 17.0 Å². The number of aryl methyl sites for hydroxylation is 1. The van der Waals surface area contributed by atoms with Crippen LogP contribution in [0.15, 0.2) is 48.5 Å². The van der Waals surface area contributed by atoms with Gasteiger partial charge in [0.15, 0.2) is 0 Å². The molecule has 0 aliphatic heterocycles. The molecule has 4 aromatic rings. The van der Waals surface area contributed by atoms with Crippen LogP contribution in [-0.2, 0) is 11.2 Å². The van der Waals surface area contributed by atoms with Gasteiger partial charge in [-0.2, -0.15) is 5.10 Å². The van der Waals surface area contributed by atoms with Crippen LogP contribution >= 0.6 is 11.6 Å². The third kappa shape index (κ3) is 5.60. The number of aromatic nitrogens is 3. The summed E-state index contributed by atoms with van der Waals surface area (Å²) < 4.78 is 18.9. The van der Waals surface area contributed by atoms with Crippen LogP contribution in [0.3, 0.4) is 0 Å². The first-order valence-electron chi connectivity index (χ1n) is 11.8. The molecule has 1 atom stereocenters. The molecule has 0 saturated heterocycles. The predicted molar refractivity (Wildman–Crippen MR) is 143 cm³/mol. The summed E-state index contributed by atoms with van der Waals surface area (Å²) in [5.74, 6) is -0.480. The van der Waals surface area contributed by atoms with Crippen LogP contribution in [0.4, 0.5) is 4.39 Å². The number of nitrogens with zero attached hydrogens (tertiary/aromatic N) is 3. The van der Waals surface area contributed by atoms with E-state index in [1.807, 2.05) is 0 Å². The summed E-state index contributed by atoms with van der Waals surface area (Å²) in [6, 6.07) is 12.1. The van der Waals surface area contributed by atoms with Gasteiger partial charge in [-0.05, 0) is 76.2 Å². The zero-order valence-corrected chi connectivity index (χ0v) is 22.4. The minimum absolute atomic E-state index is 0.167. The average molecular weight is 539 g/mol. The van der Waals surface area contributed by atoms with Crippen LogP contribution < -0.4 is 10.1 Å². The Labute approximate surface area is 224 Å². The van der Waals surface area contributed by atoms with E-state index in [0.29, 0.717) is 39.0 Å². The van der Waals surface area contributed by atoms with Gasteiger partial charge in [0.2, 0.25) is 0 Å². The van der Waals surface area contributed by atoms with Crippen molar-refractivity contribution in [3.05, 3.63) is 81.9 Å². The quantitative estimate of drug-likeness (QED) is 0.313. The van der Waals surface area contributed by atoms with Crippen LogP contribution in [0.5, 0.6) is 5.75 Å². The molecule has 10 heteroatoms. The number of amides is 1. The van der Waals surface area contributed by atoms with Crippen LogP contribution in [-0.4, -0.2) is 45.0 Å². The zero-order chi connectivity index (χ0) is 27.8. The number of ether oxygens (including phenoxy) is 1. The van der Waals surface area contributed by atoms with Gasteiger partial charge in [-0.3, -0.25) is 4.79 Å². The Morgan fingerprint density at radius 1 is 1.08 bits per heavy atom. The van der Waals surface area contributed by atoms with Gasteiger partial charge in [0.1, 0.15) is 22.7 Å². The molecule has 2 aromatic heterocycles. The molecule has 2 aromatic carbocycles. The highest BCUT2D eigenvalue weighted by Crippen LogP contribution is 2.37. The van der Waals surface area contributed by atoms with Crippen molar-refractivity contribution in [1.29, 1.82) is 0 Å². The summed E-state index contributed by atoms with van der Waals surface area (Å²) >= 11 is 6.60. The third-order valence-electron chi connectivity index (χ3n) is 6.14. The second-order valence-electron chi connectivity index (χ2n) is 9.84. The molecule has 0 fully saturated rings. The highest BCUT2D eigenvalue weighted by molar-refractivity contribution is 6.34. The lowest BCUT2D eigenvalue weighted by Crippen LogP contribution is -2.39. The zero-order valence-electron chi connectivity index (χ0n) is 21.6. The molecule has 198 valence electrons. The van der Waals surface area contributed by atoms with Crippen molar-refractivity contribution >= 4 is 28.4 Å². The molecule has 0 spiro atoms. The van der Waals surface area contributed by atoms with Crippen molar-refractivity contribution in [2.45, 2.75) is 38.9 Å². The second kappa shape index (κ2) is 10.2. The monoisotopic (exact) mass is 538 g/mol. The largest absolute Gasteiger partial charge is 0.494 e. The summed E-state index contributed by atoms with van der Waals surface area (Å²) in [6.07, 6.45) is 0. The van der Waals surface area contributed by atoms with E-state index in [0.717, 1.165) is 0 Å². The fourth-order valence-electron chi connectivity index (χ4n) is 4.01. The number of rotatable bonds is 7. The third-order valence-corrected chi connectivity index (χ3v) is 6.52. The number of aliphatic hydroxyl groups is 2. The van der Waals surface area contributed by atoms with Crippen molar-refractivity contribution in [2.24, 2.45) is 0 Å². The van der Waals surface area contributed by atoms with E-state index in [9.17, 15) is 19.4 Å². The molecule has 0 bridgehead atoms. The predicted octanol–water partition coefficient (Wildman–Crippen LogP) is 4.67. The van der Waals surface area contributed by atoms with Gasteiger partial charge >= 0.3 is 0 Å². The molecule has 0 radical (unpaired) electrons. The van der Waals surface area contributed by atoms with Gasteiger partial charge in [0.25, 0.3) is 5.91 Å². The Kier molecular flexibility index (Phi) is 7.38. The Balaban J connectivity index is 1.67. The van der Waals surface area contributed by atoms with Gasteiger partial charge in [0.05, 0.1) is 41.4 Å². The summed E-state index contributed by atoms with van der Waals surface area (Å²) in [7, 11) is 1.48. The van der Waals surface area contributed by atoms with E-state index in [2.05, 4.69) is 20.5 Å². The molecule has 3 N–H and O–H groups in total. The molecule has 0 saturated carbocycles. The maximum Gasteiger partial charge on any atom is 0.251 e. The number of hydrogen-bond acceptors (Lipinski definition) is 7. The standard InChI is InChI=1S/C28H28ClFN4O4/c1-15-10-17-11-18(12-21(38-5)24(17)34-33-15)26(35)31-14-28(4,37)22-13-20(27(2,3)36)23(29)25(32-22)16-6-8-19(30)9-7-16/h6-13,36-37H,14H2,1-5H3,(H,31,35). The van der Waals surface area contributed by atoms with E-state index >= 15 is 0 Å². The number of carbonyl (C=O) groups is 1. The smallest absolute Gasteiger partial charge is 0.251 e. The lowest BCUT2D eigenvalue weighted by Gasteiger charge is -2.28. The van der Waals surface area contributed by atoms with Crippen molar-refractivity contribution in [3.63, 3.8) is 0 Å². The van der Waals surface area contributed by atoms with Gasteiger partial charge in [0, 0.05) is 22.1 Å². The van der Waals surface area contributed by atoms with E-state index < -0.39 is 22.9 Å². The molecule has 0 aliphatic rings. The highest BCUT2D eigenvalue weighted by atomic mass is 35.5. The molecular formula is C28H28ClFN4O4. The molecule has 8 nitrogen and oxygen atoms in total. The summed E-state index contributed by atoms with van der Waals surface area (Å²) in [6.45, 7) is 6.20. The van der Waals surface area contributed by atoms with E-state index in [1.165, 1.54) is 44.4 Å². The Bertz CT molecular complexity index is 1520. The van der Waals surface area contributed by atoms with Gasteiger partial charge < -0.3 is 20.3 Å². The van der Waals surface area contributed by atoms with Crippen LogP contribution in [0.25, 0.3) is 22.2 Å². The topological polar surface area (TPSA) is 117 Å². The number of hydrogen-bond donors (Lipinski definition) is 3. The number of carbonyl (C=O) groups excluding carboxylic acids is 1. The maximum absolute atomic E-state index is 13.5. The van der Waals surface area contributed by atoms with Crippen molar-refractivity contribution in [1.82, 2.24) is 20.5 Å². The Morgan fingerprint density at radius 2 is 1.76 bits per heavy atom. The first kappa shape index (κ1) is 27.4. The summed E-state index contributed by atoms with van der Waals surface area (Å²) in [5.41, 5.74) is -0.233. The number of fused-ring (bicyclic) bond motifs is 1. The minimum Gasteiger partial charge on any atom is -0.494 e. The van der Waals surface area contributed by atoms with E-state index in [-0.39, 0.29) is 23.0 Å². The van der Waals surface area contributed by atoms with Gasteiger partial charge in [-0.25, -0.2) is 9.37 Å². The number of pyridine rings is 1. The maximum atomic E-state index is 13.5. The second-order valence-corrected chi connectivity index (χ2v) is 10.2. The molecule has 1 unspecified atom stereocenters. The highest BCUT2D eigenvalue weighted by Gasteiger charge is 2.31. The minimum atomic E-state index is -1.65. The van der Waals surface area contributed by atoms with E-state index in [4.69, 9.17) is 16.3 Å². The van der Waals surface area contributed by atoms with Crippen LogP contribution in [0, 0.1) is 12.7 Å². The lowest BCUT2D eigenvalue weighted by atomic mass is 9.91. The SMILES string of the molecule is COc1cc(C(=O)NCC(C)(O)c2cc(C(C)(C)O)c(Cl)c(-c3ccc(F)cc3)n2)cc2cc(C)nnc12. The number of methoxy groups -OCH3 is 1. The number of benzene rings is 2. The molecule has 0 aliphatic carbocycles. The number of halogens is 2. The fraction of sp³-hybridized carbons (Fsp3) is 0.286. The molecule has 4 rings (SSSR count). The number of nitrogens with one attached hydrogen (secondary N) is 1. The van der Waals surface area contributed by atoms with Crippen LogP contribution in [0.1, 0.15) is 48.1 Å². The van der Waals surface area contributed by atoms with E-state index in [1.54, 1.807) is 39.0 Å². The molecule has 1 amide bonds.